The maximum atomic E-state index is 11.8. The van der Waals surface area contributed by atoms with E-state index in [0.717, 1.165) is 38.2 Å². The summed E-state index contributed by atoms with van der Waals surface area (Å²) in [6.07, 6.45) is 2.07. The monoisotopic (exact) mass is 342 g/mol. The van der Waals surface area contributed by atoms with Crippen molar-refractivity contribution in [1.29, 1.82) is 0 Å². The minimum atomic E-state index is -0.0200. The van der Waals surface area contributed by atoms with Crippen molar-refractivity contribution in [3.63, 3.8) is 0 Å². The number of ether oxygens (including phenoxy) is 1. The lowest BCUT2D eigenvalue weighted by Crippen LogP contribution is -3.00. The summed E-state index contributed by atoms with van der Waals surface area (Å²) in [5, 5.41) is 0. The normalized spacial score (nSPS) is 18.5. The van der Waals surface area contributed by atoms with Crippen LogP contribution < -0.4 is 12.4 Å². The molecule has 3 nitrogen and oxygen atoms in total. The van der Waals surface area contributed by atoms with E-state index in [1.807, 2.05) is 18.7 Å². The Labute approximate surface area is 144 Å². The minimum Gasteiger partial charge on any atom is -1.00 e. The highest BCUT2D eigenvalue weighted by Crippen LogP contribution is 2.21. The van der Waals surface area contributed by atoms with Crippen molar-refractivity contribution in [2.45, 2.75) is 31.6 Å². The number of hydrogen-bond donors (Lipinski definition) is 0. The second kappa shape index (κ2) is 10.1. The number of nitrogens with zero attached hydrogens (tertiary/aromatic N) is 1. The van der Waals surface area contributed by atoms with Gasteiger partial charge in [0.25, 0.3) is 0 Å². The molecule has 1 aromatic rings. The third kappa shape index (κ3) is 6.19. The Kier molecular flexibility index (Phi) is 8.91. The molecule has 1 aliphatic heterocycles. The van der Waals surface area contributed by atoms with Crippen LogP contribution in [0.5, 0.6) is 0 Å². The third-order valence-electron chi connectivity index (χ3n) is 3.82. The van der Waals surface area contributed by atoms with Gasteiger partial charge in [0, 0.05) is 23.7 Å². The zero-order valence-electron chi connectivity index (χ0n) is 13.4. The lowest BCUT2D eigenvalue weighted by Gasteiger charge is -2.31. The molecule has 5 heteroatoms. The van der Waals surface area contributed by atoms with Crippen molar-refractivity contribution in [3.05, 3.63) is 29.8 Å². The molecule has 1 saturated heterocycles. The lowest BCUT2D eigenvalue weighted by molar-refractivity contribution is -0.149. The maximum Gasteiger partial charge on any atom is 0.310 e. The standard InChI is InChI=1S/C17H25NO2S.ClH/c1-3-20-17(19)15-5-4-10-18(13-15)11-12-21-16-8-6-14(2)7-9-16;/h6-9,15H,3-5,10-13H2,1-2H3;1H/p-1. The molecule has 0 aliphatic carbocycles. The van der Waals surface area contributed by atoms with E-state index in [2.05, 4.69) is 36.1 Å². The van der Waals surface area contributed by atoms with Crippen molar-refractivity contribution in [2.75, 3.05) is 32.0 Å². The second-order valence-corrected chi connectivity index (χ2v) is 6.72. The summed E-state index contributed by atoms with van der Waals surface area (Å²) in [5.74, 6) is 1.12. The van der Waals surface area contributed by atoms with Crippen LogP contribution in [0.25, 0.3) is 0 Å². The van der Waals surface area contributed by atoms with Gasteiger partial charge in [0.05, 0.1) is 12.5 Å². The summed E-state index contributed by atoms with van der Waals surface area (Å²) in [4.78, 5) is 15.5. The number of halogens is 1. The lowest BCUT2D eigenvalue weighted by atomic mass is 9.98. The van der Waals surface area contributed by atoms with Crippen LogP contribution in [0.15, 0.2) is 29.2 Å². The predicted molar refractivity (Wildman–Crippen MR) is 87.7 cm³/mol. The largest absolute Gasteiger partial charge is 1.00 e. The van der Waals surface area contributed by atoms with Crippen LogP contribution in [0.2, 0.25) is 0 Å². The van der Waals surface area contributed by atoms with Gasteiger partial charge in [-0.15, -0.1) is 11.8 Å². The SMILES string of the molecule is CCOC(=O)C1CCCN(CCSc2ccc(C)cc2)C1.[Cl-]. The molecule has 0 spiro atoms. The highest BCUT2D eigenvalue weighted by atomic mass is 35.5. The average molecular weight is 343 g/mol. The van der Waals surface area contributed by atoms with Crippen LogP contribution >= 0.6 is 11.8 Å². The van der Waals surface area contributed by atoms with Crippen LogP contribution in [0.1, 0.15) is 25.3 Å². The molecule has 0 bridgehead atoms. The predicted octanol–water partition coefficient (Wildman–Crippen LogP) is 0.366. The molecule has 1 unspecified atom stereocenters. The molecular formula is C17H25ClNO2S-. The van der Waals surface area contributed by atoms with Crippen molar-refractivity contribution in [3.8, 4) is 0 Å². The number of carbonyl (C=O) groups excluding carboxylic acids is 1. The van der Waals surface area contributed by atoms with E-state index < -0.39 is 0 Å². The van der Waals surface area contributed by atoms with Crippen LogP contribution in [-0.4, -0.2) is 42.9 Å². The quantitative estimate of drug-likeness (QED) is 0.552. The van der Waals surface area contributed by atoms with Gasteiger partial charge >= 0.3 is 5.97 Å². The first-order valence-electron chi connectivity index (χ1n) is 7.77. The first-order chi connectivity index (χ1) is 10.2. The number of benzene rings is 1. The van der Waals surface area contributed by atoms with Gasteiger partial charge in [-0.1, -0.05) is 17.7 Å². The summed E-state index contributed by atoms with van der Waals surface area (Å²) in [6.45, 7) is 7.46. The van der Waals surface area contributed by atoms with Gasteiger partial charge in [-0.3, -0.25) is 4.79 Å². The molecule has 1 aromatic carbocycles. The second-order valence-electron chi connectivity index (χ2n) is 5.55. The van der Waals surface area contributed by atoms with Crippen molar-refractivity contribution < 1.29 is 21.9 Å². The molecule has 0 amide bonds. The van der Waals surface area contributed by atoms with Gasteiger partial charge < -0.3 is 22.0 Å². The number of aryl methyl sites for hydroxylation is 1. The molecule has 2 rings (SSSR count). The topological polar surface area (TPSA) is 29.5 Å². The van der Waals surface area contributed by atoms with Gasteiger partial charge in [0.2, 0.25) is 0 Å². The van der Waals surface area contributed by atoms with E-state index in [-0.39, 0.29) is 24.3 Å². The highest BCUT2D eigenvalue weighted by molar-refractivity contribution is 7.99. The molecule has 1 aliphatic rings. The van der Waals surface area contributed by atoms with E-state index in [4.69, 9.17) is 4.74 Å². The van der Waals surface area contributed by atoms with Crippen LogP contribution in [0.3, 0.4) is 0 Å². The van der Waals surface area contributed by atoms with E-state index >= 15 is 0 Å². The summed E-state index contributed by atoms with van der Waals surface area (Å²) >= 11 is 1.88. The number of likely N-dealkylation sites (tertiary alicyclic amines) is 1. The Morgan fingerprint density at radius 2 is 2.09 bits per heavy atom. The fourth-order valence-electron chi connectivity index (χ4n) is 2.64. The summed E-state index contributed by atoms with van der Waals surface area (Å²) in [5.41, 5.74) is 1.30. The number of piperidine rings is 1. The smallest absolute Gasteiger partial charge is 0.310 e. The van der Waals surface area contributed by atoms with Crippen LogP contribution in [-0.2, 0) is 9.53 Å². The number of hydrogen-bond acceptors (Lipinski definition) is 4. The Bertz CT molecular complexity index is 452. The van der Waals surface area contributed by atoms with Gasteiger partial charge in [-0.25, -0.2) is 0 Å². The number of rotatable bonds is 6. The Morgan fingerprint density at radius 1 is 1.36 bits per heavy atom. The maximum absolute atomic E-state index is 11.8. The first-order valence-corrected chi connectivity index (χ1v) is 8.76. The summed E-state index contributed by atoms with van der Waals surface area (Å²) in [7, 11) is 0. The van der Waals surface area contributed by atoms with E-state index in [0.29, 0.717) is 6.61 Å². The fraction of sp³-hybridized carbons (Fsp3) is 0.588. The van der Waals surface area contributed by atoms with Gasteiger partial charge in [-0.2, -0.15) is 0 Å². The number of carbonyl (C=O) groups is 1. The molecular weight excluding hydrogens is 318 g/mol. The minimum absolute atomic E-state index is 0. The number of thioether (sulfide) groups is 1. The van der Waals surface area contributed by atoms with Crippen molar-refractivity contribution in [1.82, 2.24) is 4.90 Å². The molecule has 0 radical (unpaired) electrons. The van der Waals surface area contributed by atoms with E-state index in [1.54, 1.807) is 0 Å². The van der Waals surface area contributed by atoms with Crippen LogP contribution in [0, 0.1) is 12.8 Å². The zero-order chi connectivity index (χ0) is 15.1. The molecule has 1 fully saturated rings. The van der Waals surface area contributed by atoms with E-state index in [9.17, 15) is 4.79 Å². The molecule has 22 heavy (non-hydrogen) atoms. The molecule has 1 atom stereocenters. The Morgan fingerprint density at radius 3 is 2.77 bits per heavy atom. The van der Waals surface area contributed by atoms with Crippen molar-refractivity contribution in [2.24, 2.45) is 5.92 Å². The van der Waals surface area contributed by atoms with E-state index in [1.165, 1.54) is 10.5 Å². The summed E-state index contributed by atoms with van der Waals surface area (Å²) in [6, 6.07) is 8.66. The molecule has 0 aromatic heterocycles. The number of esters is 1. The van der Waals surface area contributed by atoms with Crippen molar-refractivity contribution >= 4 is 17.7 Å². The first kappa shape index (κ1) is 19.3. The van der Waals surface area contributed by atoms with Gasteiger partial charge in [0.15, 0.2) is 0 Å². The average Bonchev–Trinajstić information content (AvgIpc) is 2.50. The molecule has 0 N–H and O–H groups in total. The fourth-order valence-corrected chi connectivity index (χ4v) is 3.55. The highest BCUT2D eigenvalue weighted by Gasteiger charge is 2.26. The summed E-state index contributed by atoms with van der Waals surface area (Å²) < 4.78 is 5.14. The zero-order valence-corrected chi connectivity index (χ0v) is 15.0. The Hall–Kier alpha value is -0.710. The van der Waals surface area contributed by atoms with Crippen LogP contribution in [0.4, 0.5) is 0 Å². The molecule has 124 valence electrons. The van der Waals surface area contributed by atoms with Gasteiger partial charge in [0.1, 0.15) is 0 Å². The Balaban J connectivity index is 0.00000242. The molecule has 1 heterocycles. The van der Waals surface area contributed by atoms with Gasteiger partial charge in [-0.05, 0) is 45.4 Å². The molecule has 0 saturated carbocycles. The third-order valence-corrected chi connectivity index (χ3v) is 4.81.